The highest BCUT2D eigenvalue weighted by atomic mass is 19.4. The van der Waals surface area contributed by atoms with Gasteiger partial charge < -0.3 is 15.2 Å². The molecule has 0 aliphatic rings. The molecule has 0 aliphatic heterocycles. The minimum absolute atomic E-state index is 0.299. The summed E-state index contributed by atoms with van der Waals surface area (Å²) in [6.45, 7) is 5.56. The second kappa shape index (κ2) is 7.38. The van der Waals surface area contributed by atoms with Crippen molar-refractivity contribution in [2.45, 2.75) is 26.9 Å². The fourth-order valence-electron chi connectivity index (χ4n) is 2.70. The summed E-state index contributed by atoms with van der Waals surface area (Å²) in [7, 11) is 0. The number of hydrogen-bond acceptors (Lipinski definition) is 2. The first-order valence-electron chi connectivity index (χ1n) is 8.51. The minimum Gasteiger partial charge on any atom is -0.308 e. The molecule has 2 aromatic carbocycles. The molecular weight excluding hydrogens is 369 g/mol. The van der Waals surface area contributed by atoms with Crippen molar-refractivity contribution < 1.29 is 18.0 Å². The first-order valence-corrected chi connectivity index (χ1v) is 8.51. The molecule has 3 rings (SSSR count). The van der Waals surface area contributed by atoms with Gasteiger partial charge >= 0.3 is 12.2 Å². The Labute approximate surface area is 160 Å². The molecule has 0 saturated carbocycles. The van der Waals surface area contributed by atoms with Crippen molar-refractivity contribution in [3.8, 4) is 5.69 Å². The van der Waals surface area contributed by atoms with Gasteiger partial charge in [-0.3, -0.25) is 0 Å². The molecule has 0 spiro atoms. The fraction of sp³-hybridized carbons (Fsp3) is 0.200. The lowest BCUT2D eigenvalue weighted by Crippen LogP contribution is -2.22. The SMILES string of the molecule is Cc1cn(-c2ccc(NC(=O)Nc3ccc(C)c(C)c3)c(C(F)(F)F)c2)cn1. The number of benzene rings is 2. The lowest BCUT2D eigenvalue weighted by atomic mass is 10.1. The fourth-order valence-corrected chi connectivity index (χ4v) is 2.70. The number of urea groups is 1. The average Bonchev–Trinajstić information content (AvgIpc) is 3.04. The van der Waals surface area contributed by atoms with Gasteiger partial charge in [0.2, 0.25) is 0 Å². The molecule has 146 valence electrons. The number of hydrogen-bond donors (Lipinski definition) is 2. The second-order valence-electron chi connectivity index (χ2n) is 6.53. The van der Waals surface area contributed by atoms with Crippen molar-refractivity contribution in [3.63, 3.8) is 0 Å². The standard InChI is InChI=1S/C20H19F3N4O/c1-12-4-5-15(8-13(12)2)25-19(28)26-18-7-6-16(9-17(18)20(21,22)23)27-10-14(3)24-11-27/h4-11H,1-3H3,(H2,25,26,28). The van der Waals surface area contributed by atoms with Crippen LogP contribution in [0.25, 0.3) is 5.69 Å². The smallest absolute Gasteiger partial charge is 0.308 e. The summed E-state index contributed by atoms with van der Waals surface area (Å²) < 4.78 is 42.1. The Bertz CT molecular complexity index is 1020. The average molecular weight is 388 g/mol. The van der Waals surface area contributed by atoms with Crippen LogP contribution in [0.15, 0.2) is 48.9 Å². The van der Waals surface area contributed by atoms with E-state index in [1.54, 1.807) is 25.3 Å². The third-order valence-corrected chi connectivity index (χ3v) is 4.33. The number of halogens is 3. The van der Waals surface area contributed by atoms with Gasteiger partial charge in [0, 0.05) is 17.6 Å². The Hall–Kier alpha value is -3.29. The molecule has 0 saturated heterocycles. The van der Waals surface area contributed by atoms with E-state index in [-0.39, 0.29) is 5.69 Å². The van der Waals surface area contributed by atoms with Crippen LogP contribution in [0.2, 0.25) is 0 Å². The zero-order valence-corrected chi connectivity index (χ0v) is 15.6. The molecule has 5 nitrogen and oxygen atoms in total. The summed E-state index contributed by atoms with van der Waals surface area (Å²) in [5.41, 5.74) is 2.24. The molecule has 2 amide bonds. The number of amides is 2. The summed E-state index contributed by atoms with van der Waals surface area (Å²) in [5, 5.41) is 4.84. The van der Waals surface area contributed by atoms with Gasteiger partial charge in [-0.1, -0.05) is 6.07 Å². The number of anilines is 2. The molecular formula is C20H19F3N4O. The quantitative estimate of drug-likeness (QED) is 0.626. The van der Waals surface area contributed by atoms with Gasteiger partial charge in [0.05, 0.1) is 23.3 Å². The van der Waals surface area contributed by atoms with Gasteiger partial charge in [-0.05, 0) is 62.2 Å². The Balaban J connectivity index is 1.86. The predicted molar refractivity (Wildman–Crippen MR) is 102 cm³/mol. The molecule has 3 aromatic rings. The Kier molecular flexibility index (Phi) is 5.13. The van der Waals surface area contributed by atoms with Crippen molar-refractivity contribution in [1.29, 1.82) is 0 Å². The van der Waals surface area contributed by atoms with Crippen molar-refractivity contribution in [2.75, 3.05) is 10.6 Å². The number of carbonyl (C=O) groups is 1. The number of carbonyl (C=O) groups excluding carboxylic acids is 1. The minimum atomic E-state index is -4.63. The molecule has 0 aliphatic carbocycles. The van der Waals surface area contributed by atoms with Crippen molar-refractivity contribution in [2.24, 2.45) is 0 Å². The van der Waals surface area contributed by atoms with Crippen LogP contribution < -0.4 is 10.6 Å². The zero-order chi connectivity index (χ0) is 20.5. The number of rotatable bonds is 3. The molecule has 0 radical (unpaired) electrons. The molecule has 0 atom stereocenters. The van der Waals surface area contributed by atoms with E-state index in [1.807, 2.05) is 19.9 Å². The number of aromatic nitrogens is 2. The zero-order valence-electron chi connectivity index (χ0n) is 15.6. The molecule has 0 bridgehead atoms. The van der Waals surface area contributed by atoms with Gasteiger partial charge in [0.1, 0.15) is 0 Å². The molecule has 1 heterocycles. The molecule has 28 heavy (non-hydrogen) atoms. The maximum atomic E-state index is 13.5. The maximum Gasteiger partial charge on any atom is 0.418 e. The third kappa shape index (κ3) is 4.33. The van der Waals surface area contributed by atoms with E-state index in [2.05, 4.69) is 15.6 Å². The van der Waals surface area contributed by atoms with Crippen molar-refractivity contribution >= 4 is 17.4 Å². The lowest BCUT2D eigenvalue weighted by Gasteiger charge is -2.16. The van der Waals surface area contributed by atoms with E-state index < -0.39 is 17.8 Å². The third-order valence-electron chi connectivity index (χ3n) is 4.33. The summed E-state index contributed by atoms with van der Waals surface area (Å²) in [6.07, 6.45) is -1.58. The maximum absolute atomic E-state index is 13.5. The second-order valence-corrected chi connectivity index (χ2v) is 6.53. The highest BCUT2D eigenvalue weighted by Crippen LogP contribution is 2.36. The van der Waals surface area contributed by atoms with Crippen molar-refractivity contribution in [1.82, 2.24) is 9.55 Å². The van der Waals surface area contributed by atoms with E-state index in [9.17, 15) is 18.0 Å². The van der Waals surface area contributed by atoms with E-state index in [0.717, 1.165) is 17.2 Å². The Morgan fingerprint density at radius 3 is 2.36 bits per heavy atom. The highest BCUT2D eigenvalue weighted by Gasteiger charge is 2.34. The van der Waals surface area contributed by atoms with E-state index in [4.69, 9.17) is 0 Å². The van der Waals surface area contributed by atoms with Gasteiger partial charge in [-0.2, -0.15) is 13.2 Å². The number of aryl methyl sites for hydroxylation is 3. The number of nitrogens with zero attached hydrogens (tertiary/aromatic N) is 2. The van der Waals surface area contributed by atoms with Crippen LogP contribution >= 0.6 is 0 Å². The first kappa shape index (κ1) is 19.5. The van der Waals surface area contributed by atoms with Crippen LogP contribution in [-0.2, 0) is 6.18 Å². The molecule has 0 unspecified atom stereocenters. The van der Waals surface area contributed by atoms with Crippen LogP contribution in [0.4, 0.5) is 29.3 Å². The number of nitrogens with one attached hydrogen (secondary N) is 2. The summed E-state index contributed by atoms with van der Waals surface area (Å²) in [5.74, 6) is 0. The van der Waals surface area contributed by atoms with Gasteiger partial charge in [-0.25, -0.2) is 9.78 Å². The topological polar surface area (TPSA) is 59.0 Å². The largest absolute Gasteiger partial charge is 0.418 e. The van der Waals surface area contributed by atoms with Crippen LogP contribution in [0.5, 0.6) is 0 Å². The Morgan fingerprint density at radius 2 is 1.75 bits per heavy atom. The molecule has 0 fully saturated rings. The van der Waals surface area contributed by atoms with Crippen LogP contribution in [0, 0.1) is 20.8 Å². The normalized spacial score (nSPS) is 11.4. The molecule has 2 N–H and O–H groups in total. The predicted octanol–water partition coefficient (Wildman–Crippen LogP) is 5.46. The Morgan fingerprint density at radius 1 is 1.00 bits per heavy atom. The van der Waals surface area contributed by atoms with E-state index >= 15 is 0 Å². The summed E-state index contributed by atoms with van der Waals surface area (Å²) in [6, 6.07) is 8.22. The van der Waals surface area contributed by atoms with Gasteiger partial charge in [-0.15, -0.1) is 0 Å². The summed E-state index contributed by atoms with van der Waals surface area (Å²) in [4.78, 5) is 16.2. The van der Waals surface area contributed by atoms with Crippen LogP contribution in [0.1, 0.15) is 22.4 Å². The van der Waals surface area contributed by atoms with E-state index in [1.165, 1.54) is 23.0 Å². The van der Waals surface area contributed by atoms with E-state index in [0.29, 0.717) is 17.1 Å². The highest BCUT2D eigenvalue weighted by molar-refractivity contribution is 6.00. The van der Waals surface area contributed by atoms with Crippen LogP contribution in [-0.4, -0.2) is 15.6 Å². The van der Waals surface area contributed by atoms with Crippen molar-refractivity contribution in [3.05, 3.63) is 71.3 Å². The molecule has 1 aromatic heterocycles. The summed E-state index contributed by atoms with van der Waals surface area (Å²) >= 11 is 0. The van der Waals surface area contributed by atoms with Gasteiger partial charge in [0.15, 0.2) is 0 Å². The monoisotopic (exact) mass is 388 g/mol. The lowest BCUT2D eigenvalue weighted by molar-refractivity contribution is -0.136. The van der Waals surface area contributed by atoms with Crippen LogP contribution in [0.3, 0.4) is 0 Å². The molecule has 8 heteroatoms. The number of alkyl halides is 3. The van der Waals surface area contributed by atoms with Gasteiger partial charge in [0.25, 0.3) is 0 Å². The number of imidazole rings is 1. The first-order chi connectivity index (χ1) is 13.1.